The van der Waals surface area contributed by atoms with Crippen LogP contribution in [-0.2, 0) is 0 Å². The van der Waals surface area contributed by atoms with Crippen LogP contribution >= 0.6 is 15.9 Å². The van der Waals surface area contributed by atoms with E-state index in [1.54, 1.807) is 12.3 Å². The summed E-state index contributed by atoms with van der Waals surface area (Å²) in [4.78, 5) is 6.37. The molecule has 7 heteroatoms. The number of halogens is 2. The lowest BCUT2D eigenvalue weighted by Crippen LogP contribution is -2.48. The van der Waals surface area contributed by atoms with E-state index in [1.165, 1.54) is 12.1 Å². The van der Waals surface area contributed by atoms with Gasteiger partial charge in [0.2, 0.25) is 0 Å². The van der Waals surface area contributed by atoms with Gasteiger partial charge in [-0.3, -0.25) is 4.68 Å². The predicted octanol–water partition coefficient (Wildman–Crippen LogP) is 2.99. The van der Waals surface area contributed by atoms with E-state index in [1.807, 2.05) is 15.8 Å². The number of anilines is 1. The molecular formula is C13H10BrFN4O. The lowest BCUT2D eigenvalue weighted by molar-refractivity contribution is 0.347. The molecule has 1 aromatic carbocycles. The summed E-state index contributed by atoms with van der Waals surface area (Å²) < 4.78 is 21.6. The van der Waals surface area contributed by atoms with Crippen LogP contribution < -0.4 is 4.90 Å². The van der Waals surface area contributed by atoms with Crippen molar-refractivity contribution < 1.29 is 8.81 Å². The largest absolute Gasteiger partial charge is 0.423 e. The van der Waals surface area contributed by atoms with Gasteiger partial charge in [-0.1, -0.05) is 0 Å². The zero-order valence-corrected chi connectivity index (χ0v) is 11.9. The third-order valence-corrected chi connectivity index (χ3v) is 3.83. The standard InChI is InChI=1S/C13H10BrFN4O/c14-8-4-16-19(5-8)10-6-18(7-10)13-17-11-2-1-9(15)3-12(11)20-13/h1-5,10H,6-7H2. The molecule has 0 unspecified atom stereocenters. The van der Waals surface area contributed by atoms with E-state index in [0.29, 0.717) is 23.2 Å². The molecule has 2 aromatic heterocycles. The second kappa shape index (κ2) is 4.31. The summed E-state index contributed by atoms with van der Waals surface area (Å²) >= 11 is 3.38. The van der Waals surface area contributed by atoms with Crippen molar-refractivity contribution in [2.45, 2.75) is 6.04 Å². The minimum Gasteiger partial charge on any atom is -0.423 e. The number of benzene rings is 1. The van der Waals surface area contributed by atoms with Gasteiger partial charge in [0.05, 0.1) is 16.7 Å². The fourth-order valence-corrected chi connectivity index (χ4v) is 2.62. The maximum Gasteiger partial charge on any atom is 0.298 e. The number of aromatic nitrogens is 3. The summed E-state index contributed by atoms with van der Waals surface area (Å²) in [5, 5.41) is 4.26. The lowest BCUT2D eigenvalue weighted by Gasteiger charge is -2.37. The Morgan fingerprint density at radius 3 is 2.95 bits per heavy atom. The summed E-state index contributed by atoms with van der Waals surface area (Å²) in [7, 11) is 0. The van der Waals surface area contributed by atoms with Gasteiger partial charge in [0, 0.05) is 25.4 Å². The van der Waals surface area contributed by atoms with E-state index in [0.717, 1.165) is 17.6 Å². The van der Waals surface area contributed by atoms with Gasteiger partial charge in [-0.2, -0.15) is 10.1 Å². The number of hydrogen-bond donors (Lipinski definition) is 0. The zero-order chi connectivity index (χ0) is 13.7. The van der Waals surface area contributed by atoms with Crippen LogP contribution in [0.3, 0.4) is 0 Å². The molecule has 3 heterocycles. The number of hydrogen-bond acceptors (Lipinski definition) is 4. The minimum atomic E-state index is -0.317. The molecule has 20 heavy (non-hydrogen) atoms. The highest BCUT2D eigenvalue weighted by Crippen LogP contribution is 2.30. The first kappa shape index (κ1) is 11.9. The van der Waals surface area contributed by atoms with Gasteiger partial charge < -0.3 is 9.32 Å². The average molecular weight is 337 g/mol. The summed E-state index contributed by atoms with van der Waals surface area (Å²) in [6, 6.07) is 5.21. The maximum atomic E-state index is 13.1. The lowest BCUT2D eigenvalue weighted by atomic mass is 10.1. The molecular weight excluding hydrogens is 327 g/mol. The van der Waals surface area contributed by atoms with E-state index in [4.69, 9.17) is 4.42 Å². The summed E-state index contributed by atoms with van der Waals surface area (Å²) in [6.07, 6.45) is 3.72. The summed E-state index contributed by atoms with van der Waals surface area (Å²) in [6.45, 7) is 1.56. The molecule has 5 nitrogen and oxygen atoms in total. The van der Waals surface area contributed by atoms with Crippen molar-refractivity contribution in [3.63, 3.8) is 0 Å². The Hall–Kier alpha value is -1.89. The maximum absolute atomic E-state index is 13.1. The molecule has 102 valence electrons. The molecule has 0 aliphatic carbocycles. The Balaban J connectivity index is 1.54. The first-order chi connectivity index (χ1) is 9.69. The van der Waals surface area contributed by atoms with Crippen LogP contribution in [0.25, 0.3) is 11.1 Å². The molecule has 0 atom stereocenters. The number of nitrogens with zero attached hydrogens (tertiary/aromatic N) is 4. The van der Waals surface area contributed by atoms with Crippen LogP contribution in [0.2, 0.25) is 0 Å². The number of fused-ring (bicyclic) bond motifs is 1. The van der Waals surface area contributed by atoms with Crippen molar-refractivity contribution >= 4 is 33.0 Å². The normalized spacial score (nSPS) is 15.8. The fourth-order valence-electron chi connectivity index (χ4n) is 2.31. The topological polar surface area (TPSA) is 47.1 Å². The van der Waals surface area contributed by atoms with E-state index >= 15 is 0 Å². The second-order valence-electron chi connectivity index (χ2n) is 4.81. The van der Waals surface area contributed by atoms with E-state index in [2.05, 4.69) is 26.0 Å². The molecule has 1 fully saturated rings. The molecule has 0 saturated carbocycles. The van der Waals surface area contributed by atoms with Crippen molar-refractivity contribution in [2.75, 3.05) is 18.0 Å². The van der Waals surface area contributed by atoms with Crippen molar-refractivity contribution in [1.29, 1.82) is 0 Å². The van der Waals surface area contributed by atoms with Gasteiger partial charge in [-0.15, -0.1) is 0 Å². The first-order valence-electron chi connectivity index (χ1n) is 6.20. The van der Waals surface area contributed by atoms with E-state index in [-0.39, 0.29) is 5.82 Å². The first-order valence-corrected chi connectivity index (χ1v) is 6.99. The van der Waals surface area contributed by atoms with E-state index in [9.17, 15) is 4.39 Å². The molecule has 1 aliphatic heterocycles. The molecule has 1 saturated heterocycles. The van der Waals surface area contributed by atoms with E-state index < -0.39 is 0 Å². The molecule has 0 N–H and O–H groups in total. The second-order valence-corrected chi connectivity index (χ2v) is 5.72. The van der Waals surface area contributed by atoms with Gasteiger partial charge in [0.1, 0.15) is 11.3 Å². The minimum absolute atomic E-state index is 0.313. The fraction of sp³-hybridized carbons (Fsp3) is 0.231. The third kappa shape index (κ3) is 1.89. The Morgan fingerprint density at radius 2 is 2.20 bits per heavy atom. The summed E-state index contributed by atoms with van der Waals surface area (Å²) in [5.41, 5.74) is 1.15. The van der Waals surface area contributed by atoms with Crippen LogP contribution in [0.4, 0.5) is 10.4 Å². The highest BCUT2D eigenvalue weighted by Gasteiger charge is 2.32. The monoisotopic (exact) mass is 336 g/mol. The van der Waals surface area contributed by atoms with Crippen LogP contribution in [0.5, 0.6) is 0 Å². The van der Waals surface area contributed by atoms with Crippen molar-refractivity contribution in [3.8, 4) is 0 Å². The molecule has 3 aromatic rings. The van der Waals surface area contributed by atoms with Crippen LogP contribution in [-0.4, -0.2) is 27.9 Å². The van der Waals surface area contributed by atoms with Gasteiger partial charge in [-0.05, 0) is 28.1 Å². The predicted molar refractivity (Wildman–Crippen MR) is 75.1 cm³/mol. The Morgan fingerprint density at radius 1 is 1.35 bits per heavy atom. The van der Waals surface area contributed by atoms with Gasteiger partial charge >= 0.3 is 0 Å². The number of rotatable bonds is 2. The smallest absolute Gasteiger partial charge is 0.298 e. The molecule has 1 aliphatic rings. The summed E-state index contributed by atoms with van der Waals surface area (Å²) in [5.74, 6) is -0.317. The quantitative estimate of drug-likeness (QED) is 0.721. The van der Waals surface area contributed by atoms with Crippen molar-refractivity contribution in [2.24, 2.45) is 0 Å². The zero-order valence-electron chi connectivity index (χ0n) is 10.3. The van der Waals surface area contributed by atoms with Crippen LogP contribution in [0.15, 0.2) is 39.5 Å². The molecule has 0 spiro atoms. The van der Waals surface area contributed by atoms with Gasteiger partial charge in [0.25, 0.3) is 6.01 Å². The molecule has 4 rings (SSSR count). The van der Waals surface area contributed by atoms with Crippen LogP contribution in [0.1, 0.15) is 6.04 Å². The Kier molecular flexibility index (Phi) is 2.56. The van der Waals surface area contributed by atoms with Crippen LogP contribution in [0, 0.1) is 5.82 Å². The average Bonchev–Trinajstić information content (AvgIpc) is 2.93. The third-order valence-electron chi connectivity index (χ3n) is 3.42. The Labute approximate surface area is 122 Å². The molecule has 0 radical (unpaired) electrons. The number of oxazole rings is 1. The highest BCUT2D eigenvalue weighted by atomic mass is 79.9. The van der Waals surface area contributed by atoms with Crippen molar-refractivity contribution in [1.82, 2.24) is 14.8 Å². The SMILES string of the molecule is Fc1ccc2nc(N3CC(n4cc(Br)cn4)C3)oc2c1. The molecule has 0 bridgehead atoms. The Bertz CT molecular complexity index is 778. The van der Waals surface area contributed by atoms with Gasteiger partial charge in [0.15, 0.2) is 5.58 Å². The highest BCUT2D eigenvalue weighted by molar-refractivity contribution is 9.10. The molecule has 0 amide bonds. The van der Waals surface area contributed by atoms with Crippen molar-refractivity contribution in [3.05, 3.63) is 40.9 Å². The van der Waals surface area contributed by atoms with Gasteiger partial charge in [-0.25, -0.2) is 4.39 Å².